The van der Waals surface area contributed by atoms with Gasteiger partial charge in [0.15, 0.2) is 0 Å². The van der Waals surface area contributed by atoms with E-state index in [-0.39, 0.29) is 0 Å². The Morgan fingerprint density at radius 3 is 1.83 bits per heavy atom. The molecule has 0 radical (unpaired) electrons. The molecule has 0 aliphatic heterocycles. The topological polar surface area (TPSA) is 0 Å². The molecule has 0 spiro atoms. The molecular weight excluding hydrogens is 276 g/mol. The standard InChI is InChI=1S/C23H18/c1-3-9-18(10-4-1)15-19-16-21-13-7-8-14-22(23(21)17-19)20-11-5-2-6-12-20/h1-14,16-17H,15H2. The third-order valence-electron chi connectivity index (χ3n) is 4.26. The lowest BCUT2D eigenvalue weighted by molar-refractivity contribution is 1.21. The molecule has 0 unspecified atom stereocenters. The van der Waals surface area contributed by atoms with Crippen molar-refractivity contribution in [2.45, 2.75) is 6.42 Å². The van der Waals surface area contributed by atoms with Crippen LogP contribution in [0.3, 0.4) is 0 Å². The number of fused-ring (bicyclic) bond motifs is 1. The minimum atomic E-state index is 0.980. The molecule has 0 bridgehead atoms. The predicted octanol–water partition coefficient (Wildman–Crippen LogP) is 6.05. The summed E-state index contributed by atoms with van der Waals surface area (Å²) in [6, 6.07) is 34.6. The Morgan fingerprint density at radius 1 is 0.435 bits per heavy atom. The molecule has 2 aromatic rings. The lowest BCUT2D eigenvalue weighted by Crippen LogP contribution is -1.83. The summed E-state index contributed by atoms with van der Waals surface area (Å²) in [6.45, 7) is 0. The first-order valence-electron chi connectivity index (χ1n) is 8.01. The van der Waals surface area contributed by atoms with Gasteiger partial charge < -0.3 is 0 Å². The molecule has 0 atom stereocenters. The zero-order valence-electron chi connectivity index (χ0n) is 12.9. The van der Waals surface area contributed by atoms with Crippen molar-refractivity contribution in [2.75, 3.05) is 0 Å². The summed E-state index contributed by atoms with van der Waals surface area (Å²) in [5.41, 5.74) is 7.92. The summed E-state index contributed by atoms with van der Waals surface area (Å²) in [5, 5.41) is 0. The average molecular weight is 294 g/mol. The first-order chi connectivity index (χ1) is 11.4. The van der Waals surface area contributed by atoms with E-state index >= 15 is 0 Å². The molecule has 0 saturated carbocycles. The summed E-state index contributed by atoms with van der Waals surface area (Å²) in [4.78, 5) is 0. The van der Waals surface area contributed by atoms with E-state index in [0.29, 0.717) is 0 Å². The Labute approximate surface area is 137 Å². The molecule has 4 rings (SSSR count). The maximum absolute atomic E-state index is 2.34. The van der Waals surface area contributed by atoms with E-state index in [0.717, 1.165) is 6.42 Å². The van der Waals surface area contributed by atoms with Crippen LogP contribution in [-0.4, -0.2) is 0 Å². The Balaban J connectivity index is 1.80. The highest BCUT2D eigenvalue weighted by Crippen LogP contribution is 2.35. The van der Waals surface area contributed by atoms with Crippen molar-refractivity contribution >= 4 is 0 Å². The lowest BCUT2D eigenvalue weighted by Gasteiger charge is -2.04. The number of hydrogen-bond donors (Lipinski definition) is 0. The van der Waals surface area contributed by atoms with Crippen LogP contribution >= 0.6 is 0 Å². The monoisotopic (exact) mass is 294 g/mol. The van der Waals surface area contributed by atoms with Crippen LogP contribution < -0.4 is 0 Å². The molecule has 0 amide bonds. The van der Waals surface area contributed by atoms with E-state index < -0.39 is 0 Å². The maximum atomic E-state index is 2.34. The molecule has 0 fully saturated rings. The van der Waals surface area contributed by atoms with E-state index in [9.17, 15) is 0 Å². The molecule has 0 heterocycles. The Morgan fingerprint density at radius 2 is 1.04 bits per heavy atom. The molecule has 0 heteroatoms. The summed E-state index contributed by atoms with van der Waals surface area (Å²) < 4.78 is 0. The normalized spacial score (nSPS) is 10.8. The second-order valence-electron chi connectivity index (χ2n) is 5.89. The fourth-order valence-corrected chi connectivity index (χ4v) is 3.16. The minimum absolute atomic E-state index is 0.980. The van der Waals surface area contributed by atoms with Crippen LogP contribution in [0.4, 0.5) is 0 Å². The third kappa shape index (κ3) is 2.89. The highest BCUT2D eigenvalue weighted by Gasteiger charge is 2.11. The summed E-state index contributed by atoms with van der Waals surface area (Å²) in [7, 11) is 0. The van der Waals surface area contributed by atoms with Gasteiger partial charge in [0.1, 0.15) is 0 Å². The highest BCUT2D eigenvalue weighted by atomic mass is 14.2. The smallest absolute Gasteiger partial charge is 0.00253 e. The van der Waals surface area contributed by atoms with Gasteiger partial charge in [-0.1, -0.05) is 97.1 Å². The second kappa shape index (κ2) is 6.10. The van der Waals surface area contributed by atoms with Crippen LogP contribution in [0.2, 0.25) is 0 Å². The number of rotatable bonds is 3. The molecule has 0 saturated heterocycles. The quantitative estimate of drug-likeness (QED) is 0.431. The molecule has 0 N–H and O–H groups in total. The number of benzene rings is 2. The van der Waals surface area contributed by atoms with Gasteiger partial charge in [0.25, 0.3) is 0 Å². The highest BCUT2D eigenvalue weighted by molar-refractivity contribution is 5.85. The van der Waals surface area contributed by atoms with Crippen molar-refractivity contribution in [1.82, 2.24) is 0 Å². The van der Waals surface area contributed by atoms with E-state index in [1.165, 1.54) is 33.4 Å². The van der Waals surface area contributed by atoms with Crippen LogP contribution in [-0.2, 0) is 6.42 Å². The van der Waals surface area contributed by atoms with Gasteiger partial charge in [-0.15, -0.1) is 0 Å². The molecule has 0 nitrogen and oxygen atoms in total. The van der Waals surface area contributed by atoms with Gasteiger partial charge in [-0.2, -0.15) is 0 Å². The van der Waals surface area contributed by atoms with E-state index in [4.69, 9.17) is 0 Å². The molecule has 2 aromatic carbocycles. The summed E-state index contributed by atoms with van der Waals surface area (Å²) in [5.74, 6) is 0. The first-order valence-corrected chi connectivity index (χ1v) is 8.01. The van der Waals surface area contributed by atoms with E-state index in [2.05, 4.69) is 97.1 Å². The van der Waals surface area contributed by atoms with Crippen LogP contribution in [0.25, 0.3) is 22.3 Å². The molecule has 0 aromatic heterocycles. The SMILES string of the molecule is c1ccc(Cc2cc3ccccc(-c4ccccc4)c-3c2)cc1. The molecule has 23 heavy (non-hydrogen) atoms. The van der Waals surface area contributed by atoms with Crippen LogP contribution in [0.5, 0.6) is 0 Å². The van der Waals surface area contributed by atoms with Crippen LogP contribution in [0.1, 0.15) is 11.1 Å². The van der Waals surface area contributed by atoms with Crippen molar-refractivity contribution in [2.24, 2.45) is 0 Å². The van der Waals surface area contributed by atoms with Crippen LogP contribution in [0.15, 0.2) is 97.1 Å². The second-order valence-corrected chi connectivity index (χ2v) is 5.89. The minimum Gasteiger partial charge on any atom is -0.0622 e. The Kier molecular flexibility index (Phi) is 3.65. The van der Waals surface area contributed by atoms with Crippen LogP contribution in [0, 0.1) is 0 Å². The fraction of sp³-hybridized carbons (Fsp3) is 0.0435. The Hall–Kier alpha value is -2.86. The largest absolute Gasteiger partial charge is 0.0622 e. The maximum Gasteiger partial charge on any atom is -0.00253 e. The lowest BCUT2D eigenvalue weighted by atomic mass is 10.0. The van der Waals surface area contributed by atoms with Crippen molar-refractivity contribution in [3.05, 3.63) is 108 Å². The fourth-order valence-electron chi connectivity index (χ4n) is 3.16. The Bertz CT molecular complexity index is 876. The van der Waals surface area contributed by atoms with Crippen molar-refractivity contribution in [1.29, 1.82) is 0 Å². The number of hydrogen-bond acceptors (Lipinski definition) is 0. The van der Waals surface area contributed by atoms with E-state index in [1.54, 1.807) is 0 Å². The average Bonchev–Trinajstić information content (AvgIpc) is 2.88. The first kappa shape index (κ1) is 13.8. The molecule has 2 aliphatic carbocycles. The molecule has 2 aliphatic rings. The summed E-state index contributed by atoms with van der Waals surface area (Å²) in [6.07, 6.45) is 0.980. The van der Waals surface area contributed by atoms with Crippen molar-refractivity contribution in [3.8, 4) is 22.3 Å². The zero-order valence-corrected chi connectivity index (χ0v) is 12.9. The van der Waals surface area contributed by atoms with Gasteiger partial charge in [-0.25, -0.2) is 0 Å². The molecule has 110 valence electrons. The van der Waals surface area contributed by atoms with Gasteiger partial charge in [0.05, 0.1) is 0 Å². The van der Waals surface area contributed by atoms with Gasteiger partial charge in [-0.05, 0) is 39.8 Å². The van der Waals surface area contributed by atoms with Gasteiger partial charge in [0, 0.05) is 0 Å². The molecular formula is C23H18. The van der Waals surface area contributed by atoms with Gasteiger partial charge in [-0.3, -0.25) is 0 Å². The third-order valence-corrected chi connectivity index (χ3v) is 4.26. The van der Waals surface area contributed by atoms with Crippen molar-refractivity contribution in [3.63, 3.8) is 0 Å². The van der Waals surface area contributed by atoms with Crippen molar-refractivity contribution < 1.29 is 0 Å². The predicted molar refractivity (Wildman–Crippen MR) is 97.7 cm³/mol. The summed E-state index contributed by atoms with van der Waals surface area (Å²) >= 11 is 0. The van der Waals surface area contributed by atoms with Gasteiger partial charge in [0.2, 0.25) is 0 Å². The zero-order chi connectivity index (χ0) is 15.5. The van der Waals surface area contributed by atoms with E-state index in [1.807, 2.05) is 0 Å². The van der Waals surface area contributed by atoms with Gasteiger partial charge >= 0.3 is 0 Å².